The highest BCUT2D eigenvalue weighted by atomic mass is 35.5. The standard InChI is InChI=1S/C23H17ClN4O3/c24-20-12-11-19(28(30)31)13-21(20)27-23(29)18(14-25)15-26-22(16-7-3-1-4-8-16)17-9-5-2-6-10-17/h1-13,15,22,26H,(H,27,29)/b18-15-. The van der Waals surface area contributed by atoms with Gasteiger partial charge in [0.15, 0.2) is 0 Å². The molecule has 0 atom stereocenters. The van der Waals surface area contributed by atoms with E-state index in [0.29, 0.717) is 0 Å². The summed E-state index contributed by atoms with van der Waals surface area (Å²) < 4.78 is 0. The van der Waals surface area contributed by atoms with Gasteiger partial charge in [-0.2, -0.15) is 5.26 Å². The van der Waals surface area contributed by atoms with Gasteiger partial charge in [0.05, 0.1) is 21.7 Å². The average Bonchev–Trinajstić information content (AvgIpc) is 2.79. The van der Waals surface area contributed by atoms with Crippen molar-refractivity contribution in [2.45, 2.75) is 6.04 Å². The highest BCUT2D eigenvalue weighted by Crippen LogP contribution is 2.27. The molecule has 1 amide bonds. The zero-order valence-corrected chi connectivity index (χ0v) is 16.9. The molecule has 0 aliphatic heterocycles. The normalized spacial score (nSPS) is 10.9. The first-order valence-corrected chi connectivity index (χ1v) is 9.59. The summed E-state index contributed by atoms with van der Waals surface area (Å²) in [6.07, 6.45) is 1.32. The second kappa shape index (κ2) is 10.1. The molecule has 8 heteroatoms. The summed E-state index contributed by atoms with van der Waals surface area (Å²) in [6, 6.07) is 24.4. The zero-order chi connectivity index (χ0) is 22.2. The number of nitro benzene ring substituents is 1. The Bertz CT molecular complexity index is 1120. The van der Waals surface area contributed by atoms with Crippen LogP contribution in [0.15, 0.2) is 90.6 Å². The lowest BCUT2D eigenvalue weighted by atomic mass is 9.99. The van der Waals surface area contributed by atoms with E-state index >= 15 is 0 Å². The molecule has 0 fully saturated rings. The molecule has 0 saturated carbocycles. The van der Waals surface area contributed by atoms with Crippen molar-refractivity contribution in [3.05, 3.63) is 117 Å². The van der Waals surface area contributed by atoms with E-state index in [1.807, 2.05) is 66.7 Å². The summed E-state index contributed by atoms with van der Waals surface area (Å²) in [4.78, 5) is 23.0. The summed E-state index contributed by atoms with van der Waals surface area (Å²) in [5.74, 6) is -0.739. The minimum atomic E-state index is -0.739. The van der Waals surface area contributed by atoms with Crippen molar-refractivity contribution in [1.29, 1.82) is 5.26 Å². The van der Waals surface area contributed by atoms with Crippen LogP contribution in [-0.4, -0.2) is 10.8 Å². The third-order valence-electron chi connectivity index (χ3n) is 4.43. The van der Waals surface area contributed by atoms with Crippen molar-refractivity contribution in [2.75, 3.05) is 5.32 Å². The molecule has 3 aromatic carbocycles. The lowest BCUT2D eigenvalue weighted by Gasteiger charge is -2.19. The second-order valence-electron chi connectivity index (χ2n) is 6.47. The first kappa shape index (κ1) is 21.6. The van der Waals surface area contributed by atoms with Gasteiger partial charge in [0, 0.05) is 18.3 Å². The number of nitrogens with zero attached hydrogens (tertiary/aromatic N) is 2. The van der Waals surface area contributed by atoms with Gasteiger partial charge in [0.25, 0.3) is 11.6 Å². The van der Waals surface area contributed by atoms with Crippen molar-refractivity contribution < 1.29 is 9.72 Å². The average molecular weight is 433 g/mol. The molecule has 0 unspecified atom stereocenters. The molecule has 0 radical (unpaired) electrons. The Morgan fingerprint density at radius 1 is 1.03 bits per heavy atom. The lowest BCUT2D eigenvalue weighted by molar-refractivity contribution is -0.384. The number of nitro groups is 1. The van der Waals surface area contributed by atoms with Crippen LogP contribution in [0.5, 0.6) is 0 Å². The molecule has 0 aliphatic rings. The molecule has 0 spiro atoms. The Morgan fingerprint density at radius 2 is 1.61 bits per heavy atom. The summed E-state index contributed by atoms with van der Waals surface area (Å²) in [7, 11) is 0. The number of hydrogen-bond donors (Lipinski definition) is 2. The maximum atomic E-state index is 12.6. The van der Waals surface area contributed by atoms with E-state index in [2.05, 4.69) is 10.6 Å². The zero-order valence-electron chi connectivity index (χ0n) is 16.2. The van der Waals surface area contributed by atoms with E-state index in [-0.39, 0.29) is 28.0 Å². The van der Waals surface area contributed by atoms with Gasteiger partial charge < -0.3 is 10.6 Å². The molecule has 3 aromatic rings. The molecule has 154 valence electrons. The van der Waals surface area contributed by atoms with Crippen molar-refractivity contribution in [2.24, 2.45) is 0 Å². The number of non-ortho nitro benzene ring substituents is 1. The van der Waals surface area contributed by atoms with E-state index < -0.39 is 10.8 Å². The second-order valence-corrected chi connectivity index (χ2v) is 6.87. The largest absolute Gasteiger partial charge is 0.379 e. The number of amides is 1. The fraction of sp³-hybridized carbons (Fsp3) is 0.0435. The van der Waals surface area contributed by atoms with E-state index in [1.165, 1.54) is 18.3 Å². The first-order chi connectivity index (χ1) is 15.0. The van der Waals surface area contributed by atoms with Crippen molar-refractivity contribution in [3.63, 3.8) is 0 Å². The Morgan fingerprint density at radius 3 is 2.13 bits per heavy atom. The van der Waals surface area contributed by atoms with Crippen molar-refractivity contribution >= 4 is 28.9 Å². The molecule has 7 nitrogen and oxygen atoms in total. The third-order valence-corrected chi connectivity index (χ3v) is 4.76. The number of anilines is 1. The molecule has 0 aliphatic carbocycles. The van der Waals surface area contributed by atoms with Crippen LogP contribution in [-0.2, 0) is 4.79 Å². The van der Waals surface area contributed by atoms with E-state index in [0.717, 1.165) is 17.2 Å². The Balaban J connectivity index is 1.85. The molecule has 0 bridgehead atoms. The van der Waals surface area contributed by atoms with Crippen LogP contribution in [0.2, 0.25) is 5.02 Å². The predicted octanol–water partition coefficient (Wildman–Crippen LogP) is 4.97. The molecule has 0 heterocycles. The van der Waals surface area contributed by atoms with Crippen LogP contribution < -0.4 is 10.6 Å². The minimum absolute atomic E-state index is 0.0460. The van der Waals surface area contributed by atoms with Gasteiger partial charge in [-0.3, -0.25) is 14.9 Å². The first-order valence-electron chi connectivity index (χ1n) is 9.21. The Kier molecular flexibility index (Phi) is 6.99. The number of carbonyl (C=O) groups excluding carboxylic acids is 1. The summed E-state index contributed by atoms with van der Waals surface area (Å²) in [6.45, 7) is 0. The van der Waals surface area contributed by atoms with E-state index in [9.17, 15) is 20.2 Å². The molecule has 2 N–H and O–H groups in total. The Hall–Kier alpha value is -4.15. The van der Waals surface area contributed by atoms with Gasteiger partial charge in [0.2, 0.25) is 0 Å². The van der Waals surface area contributed by atoms with Crippen LogP contribution in [0.3, 0.4) is 0 Å². The lowest BCUT2D eigenvalue weighted by Crippen LogP contribution is -2.21. The van der Waals surface area contributed by atoms with Crippen molar-refractivity contribution in [1.82, 2.24) is 5.32 Å². The highest BCUT2D eigenvalue weighted by Gasteiger charge is 2.17. The van der Waals surface area contributed by atoms with Gasteiger partial charge in [-0.05, 0) is 17.2 Å². The van der Waals surface area contributed by atoms with Gasteiger partial charge in [-0.1, -0.05) is 72.3 Å². The summed E-state index contributed by atoms with van der Waals surface area (Å²) >= 11 is 6.03. The molecule has 3 rings (SSSR count). The number of nitrogens with one attached hydrogen (secondary N) is 2. The molecular formula is C23H17ClN4O3. The third kappa shape index (κ3) is 5.47. The van der Waals surface area contributed by atoms with Crippen LogP contribution in [0, 0.1) is 21.4 Å². The number of rotatable bonds is 7. The van der Waals surface area contributed by atoms with Gasteiger partial charge in [0.1, 0.15) is 11.6 Å². The van der Waals surface area contributed by atoms with Crippen LogP contribution in [0.1, 0.15) is 17.2 Å². The monoisotopic (exact) mass is 432 g/mol. The number of benzene rings is 3. The fourth-order valence-electron chi connectivity index (χ4n) is 2.90. The van der Waals surface area contributed by atoms with E-state index in [4.69, 9.17) is 11.6 Å². The quantitative estimate of drug-likeness (QED) is 0.237. The highest BCUT2D eigenvalue weighted by molar-refractivity contribution is 6.34. The van der Waals surface area contributed by atoms with Crippen molar-refractivity contribution in [3.8, 4) is 6.07 Å². The number of nitriles is 1. The Labute approximate surface area is 183 Å². The van der Waals surface area contributed by atoms with Gasteiger partial charge >= 0.3 is 0 Å². The van der Waals surface area contributed by atoms with Gasteiger partial charge in [-0.25, -0.2) is 0 Å². The summed E-state index contributed by atoms with van der Waals surface area (Å²) in [5.41, 5.74) is 1.51. The minimum Gasteiger partial charge on any atom is -0.379 e. The topological polar surface area (TPSA) is 108 Å². The molecular weight excluding hydrogens is 416 g/mol. The van der Waals surface area contributed by atoms with Gasteiger partial charge in [-0.15, -0.1) is 0 Å². The molecule has 0 saturated heterocycles. The van der Waals surface area contributed by atoms with E-state index in [1.54, 1.807) is 0 Å². The van der Waals surface area contributed by atoms with Crippen LogP contribution >= 0.6 is 11.6 Å². The maximum Gasteiger partial charge on any atom is 0.271 e. The van der Waals surface area contributed by atoms with Crippen LogP contribution in [0.4, 0.5) is 11.4 Å². The number of halogens is 1. The maximum absolute atomic E-state index is 12.6. The molecule has 31 heavy (non-hydrogen) atoms. The number of carbonyl (C=O) groups is 1. The van der Waals surface area contributed by atoms with Crippen LogP contribution in [0.25, 0.3) is 0 Å². The summed E-state index contributed by atoms with van der Waals surface area (Å²) in [5, 5.41) is 26.1. The molecule has 0 aromatic heterocycles. The smallest absolute Gasteiger partial charge is 0.271 e. The SMILES string of the molecule is N#C/C(=C/NC(c1ccccc1)c1ccccc1)C(=O)Nc1cc([N+](=O)[O-])ccc1Cl. The number of hydrogen-bond acceptors (Lipinski definition) is 5. The fourth-order valence-corrected chi connectivity index (χ4v) is 3.07. The predicted molar refractivity (Wildman–Crippen MR) is 118 cm³/mol.